The summed E-state index contributed by atoms with van der Waals surface area (Å²) in [6, 6.07) is 3.78. The summed E-state index contributed by atoms with van der Waals surface area (Å²) in [6.45, 7) is 1.76. The van der Waals surface area contributed by atoms with E-state index < -0.39 is 4.92 Å². The highest BCUT2D eigenvalue weighted by Gasteiger charge is 2.14. The SMILES string of the molecule is C[C@H](N)Cc1cc(O)ccc1[N+](=O)[O-]. The molecule has 0 aliphatic carbocycles. The van der Waals surface area contributed by atoms with E-state index in [1.165, 1.54) is 18.2 Å². The maximum absolute atomic E-state index is 10.6. The quantitative estimate of drug-likeness (QED) is 0.561. The van der Waals surface area contributed by atoms with Crippen LogP contribution < -0.4 is 5.73 Å². The smallest absolute Gasteiger partial charge is 0.272 e. The summed E-state index contributed by atoms with van der Waals surface area (Å²) in [7, 11) is 0. The van der Waals surface area contributed by atoms with Crippen molar-refractivity contribution in [2.45, 2.75) is 19.4 Å². The van der Waals surface area contributed by atoms with Crippen LogP contribution in [0.5, 0.6) is 5.75 Å². The molecule has 0 radical (unpaired) electrons. The number of hydrogen-bond donors (Lipinski definition) is 2. The molecule has 0 aliphatic rings. The van der Waals surface area contributed by atoms with E-state index in [0.717, 1.165) is 0 Å². The third kappa shape index (κ3) is 2.43. The molecular formula is C9H12N2O3. The van der Waals surface area contributed by atoms with Crippen molar-refractivity contribution in [1.82, 2.24) is 0 Å². The van der Waals surface area contributed by atoms with Crippen LogP contribution in [-0.2, 0) is 6.42 Å². The third-order valence-corrected chi connectivity index (χ3v) is 1.80. The predicted molar refractivity (Wildman–Crippen MR) is 52.1 cm³/mol. The molecular weight excluding hydrogens is 184 g/mol. The zero-order chi connectivity index (χ0) is 10.7. The summed E-state index contributed by atoms with van der Waals surface area (Å²) < 4.78 is 0. The van der Waals surface area contributed by atoms with Gasteiger partial charge in [0.05, 0.1) is 4.92 Å². The molecule has 14 heavy (non-hydrogen) atoms. The van der Waals surface area contributed by atoms with Gasteiger partial charge in [0.1, 0.15) is 5.75 Å². The molecule has 0 saturated carbocycles. The van der Waals surface area contributed by atoms with Crippen LogP contribution in [0.2, 0.25) is 0 Å². The number of aromatic hydroxyl groups is 1. The summed E-state index contributed by atoms with van der Waals surface area (Å²) in [6.07, 6.45) is 0.380. The van der Waals surface area contributed by atoms with Gasteiger partial charge in [-0.25, -0.2) is 0 Å². The number of nitro benzene ring substituents is 1. The van der Waals surface area contributed by atoms with E-state index in [1.807, 2.05) is 0 Å². The lowest BCUT2D eigenvalue weighted by Gasteiger charge is -2.06. The monoisotopic (exact) mass is 196 g/mol. The number of phenols is 1. The second-order valence-corrected chi connectivity index (χ2v) is 3.25. The fourth-order valence-electron chi connectivity index (χ4n) is 1.26. The van der Waals surface area contributed by atoms with Gasteiger partial charge < -0.3 is 10.8 Å². The number of hydrogen-bond acceptors (Lipinski definition) is 4. The fourth-order valence-corrected chi connectivity index (χ4v) is 1.26. The van der Waals surface area contributed by atoms with Crippen molar-refractivity contribution in [1.29, 1.82) is 0 Å². The van der Waals surface area contributed by atoms with Crippen LogP contribution >= 0.6 is 0 Å². The van der Waals surface area contributed by atoms with Crippen LogP contribution in [0.25, 0.3) is 0 Å². The Morgan fingerprint density at radius 2 is 2.29 bits per heavy atom. The minimum atomic E-state index is -0.475. The van der Waals surface area contributed by atoms with Crippen molar-refractivity contribution in [3.05, 3.63) is 33.9 Å². The van der Waals surface area contributed by atoms with Gasteiger partial charge in [-0.15, -0.1) is 0 Å². The standard InChI is InChI=1S/C9H12N2O3/c1-6(10)4-7-5-8(12)2-3-9(7)11(13)14/h2-3,5-6,12H,4,10H2,1H3/t6-/m0/s1. The second-order valence-electron chi connectivity index (χ2n) is 3.25. The Balaban J connectivity index is 3.09. The normalized spacial score (nSPS) is 12.4. The Morgan fingerprint density at radius 3 is 2.79 bits per heavy atom. The van der Waals surface area contributed by atoms with Crippen molar-refractivity contribution < 1.29 is 10.0 Å². The largest absolute Gasteiger partial charge is 0.508 e. The zero-order valence-corrected chi connectivity index (χ0v) is 7.80. The first-order valence-corrected chi connectivity index (χ1v) is 4.22. The molecule has 5 nitrogen and oxygen atoms in total. The summed E-state index contributed by atoms with van der Waals surface area (Å²) in [5.41, 5.74) is 6.00. The molecule has 0 bridgehead atoms. The summed E-state index contributed by atoms with van der Waals surface area (Å²) in [4.78, 5) is 10.1. The van der Waals surface area contributed by atoms with Gasteiger partial charge in [0.25, 0.3) is 5.69 Å². The molecule has 0 amide bonds. The maximum Gasteiger partial charge on any atom is 0.272 e. The Kier molecular flexibility index (Phi) is 3.03. The Hall–Kier alpha value is -1.62. The molecule has 1 aromatic rings. The summed E-state index contributed by atoms with van der Waals surface area (Å²) in [5, 5.41) is 19.8. The number of nitrogens with two attached hydrogens (primary N) is 1. The van der Waals surface area contributed by atoms with Gasteiger partial charge in [-0.2, -0.15) is 0 Å². The van der Waals surface area contributed by atoms with Crippen molar-refractivity contribution in [3.8, 4) is 5.75 Å². The molecule has 0 aliphatic heterocycles. The molecule has 0 spiro atoms. The van der Waals surface area contributed by atoms with Crippen LogP contribution in [0, 0.1) is 10.1 Å². The van der Waals surface area contributed by atoms with Gasteiger partial charge in [0, 0.05) is 17.7 Å². The molecule has 1 aromatic carbocycles. The van der Waals surface area contributed by atoms with Crippen LogP contribution in [0.4, 0.5) is 5.69 Å². The minimum Gasteiger partial charge on any atom is -0.508 e. The van der Waals surface area contributed by atoms with Gasteiger partial charge >= 0.3 is 0 Å². The van der Waals surface area contributed by atoms with Crippen LogP contribution in [-0.4, -0.2) is 16.1 Å². The summed E-state index contributed by atoms with van der Waals surface area (Å²) in [5.74, 6) is 0.0197. The number of phenolic OH excluding ortho intramolecular Hbond substituents is 1. The van der Waals surface area contributed by atoms with Crippen LogP contribution in [0.15, 0.2) is 18.2 Å². The van der Waals surface area contributed by atoms with Gasteiger partial charge in [0.15, 0.2) is 0 Å². The van der Waals surface area contributed by atoms with E-state index in [4.69, 9.17) is 10.8 Å². The lowest BCUT2D eigenvalue weighted by molar-refractivity contribution is -0.385. The van der Waals surface area contributed by atoms with E-state index in [-0.39, 0.29) is 17.5 Å². The molecule has 0 fully saturated rings. The predicted octanol–water partition coefficient (Wildman–Crippen LogP) is 1.19. The second kappa shape index (κ2) is 4.06. The van der Waals surface area contributed by atoms with Crippen molar-refractivity contribution in [2.24, 2.45) is 5.73 Å². The average Bonchev–Trinajstić information content (AvgIpc) is 2.01. The molecule has 1 atom stereocenters. The third-order valence-electron chi connectivity index (χ3n) is 1.80. The van der Waals surface area contributed by atoms with Gasteiger partial charge in [-0.3, -0.25) is 10.1 Å². The molecule has 1 rings (SSSR count). The molecule has 0 unspecified atom stereocenters. The number of rotatable bonds is 3. The van der Waals surface area contributed by atoms with E-state index >= 15 is 0 Å². The minimum absolute atomic E-state index is 0.0000926. The lowest BCUT2D eigenvalue weighted by atomic mass is 10.1. The summed E-state index contributed by atoms with van der Waals surface area (Å²) >= 11 is 0. The Morgan fingerprint density at radius 1 is 1.64 bits per heavy atom. The van der Waals surface area contributed by atoms with E-state index in [1.54, 1.807) is 6.92 Å². The van der Waals surface area contributed by atoms with Crippen LogP contribution in [0.1, 0.15) is 12.5 Å². The van der Waals surface area contributed by atoms with Gasteiger partial charge in [-0.1, -0.05) is 0 Å². The highest BCUT2D eigenvalue weighted by atomic mass is 16.6. The molecule has 0 saturated heterocycles. The van der Waals surface area contributed by atoms with E-state index in [9.17, 15) is 10.1 Å². The van der Waals surface area contributed by atoms with Gasteiger partial charge in [0.2, 0.25) is 0 Å². The van der Waals surface area contributed by atoms with E-state index in [2.05, 4.69) is 0 Å². The Labute approximate surface area is 81.3 Å². The topological polar surface area (TPSA) is 89.4 Å². The highest BCUT2D eigenvalue weighted by Crippen LogP contribution is 2.24. The number of benzene rings is 1. The van der Waals surface area contributed by atoms with Crippen LogP contribution in [0.3, 0.4) is 0 Å². The Bertz CT molecular complexity index is 350. The van der Waals surface area contributed by atoms with Gasteiger partial charge in [-0.05, 0) is 25.5 Å². The molecule has 3 N–H and O–H groups in total. The average molecular weight is 196 g/mol. The lowest BCUT2D eigenvalue weighted by Crippen LogP contribution is -2.18. The first-order valence-electron chi connectivity index (χ1n) is 4.22. The highest BCUT2D eigenvalue weighted by molar-refractivity contribution is 5.45. The molecule has 0 heterocycles. The first-order chi connectivity index (χ1) is 6.50. The van der Waals surface area contributed by atoms with E-state index in [0.29, 0.717) is 12.0 Å². The van der Waals surface area contributed by atoms with Crippen molar-refractivity contribution >= 4 is 5.69 Å². The fraction of sp³-hybridized carbons (Fsp3) is 0.333. The molecule has 0 aromatic heterocycles. The first kappa shape index (κ1) is 10.5. The number of nitrogens with zero attached hydrogens (tertiary/aromatic N) is 1. The molecule has 76 valence electrons. The zero-order valence-electron chi connectivity index (χ0n) is 7.80. The maximum atomic E-state index is 10.6. The van der Waals surface area contributed by atoms with Crippen molar-refractivity contribution in [2.75, 3.05) is 0 Å². The van der Waals surface area contributed by atoms with Crippen molar-refractivity contribution in [3.63, 3.8) is 0 Å². The number of nitro groups is 1. The molecule has 5 heteroatoms.